The Hall–Kier alpha value is -2.47. The van der Waals surface area contributed by atoms with E-state index in [9.17, 15) is 9.59 Å². The lowest BCUT2D eigenvalue weighted by atomic mass is 9.53. The van der Waals surface area contributed by atoms with E-state index >= 15 is 0 Å². The van der Waals surface area contributed by atoms with E-state index < -0.39 is 0 Å². The van der Waals surface area contributed by atoms with Gasteiger partial charge in [-0.15, -0.1) is 11.8 Å². The zero-order chi connectivity index (χ0) is 22.8. The first kappa shape index (κ1) is 22.3. The lowest BCUT2D eigenvalue weighted by molar-refractivity contribution is -0.124. The van der Waals surface area contributed by atoms with E-state index in [1.165, 1.54) is 31.0 Å². The topological polar surface area (TPSA) is 67.4 Å². The highest BCUT2D eigenvalue weighted by molar-refractivity contribution is 8.00. The van der Waals surface area contributed by atoms with Gasteiger partial charge >= 0.3 is 0 Å². The molecule has 2 N–H and O–H groups in total. The van der Waals surface area contributed by atoms with Crippen LogP contribution in [-0.2, 0) is 11.3 Å². The molecule has 6 rings (SSSR count). The van der Waals surface area contributed by atoms with Gasteiger partial charge in [0, 0.05) is 22.5 Å². The second-order valence-corrected chi connectivity index (χ2v) is 11.0. The Bertz CT molecular complexity index is 1000. The van der Waals surface area contributed by atoms with Gasteiger partial charge in [0.15, 0.2) is 0 Å². The van der Waals surface area contributed by atoms with E-state index in [0.717, 1.165) is 53.2 Å². The van der Waals surface area contributed by atoms with Crippen molar-refractivity contribution in [2.24, 2.45) is 17.8 Å². The summed E-state index contributed by atoms with van der Waals surface area (Å²) in [6, 6.07) is 15.2. The van der Waals surface area contributed by atoms with Gasteiger partial charge in [-0.2, -0.15) is 0 Å². The number of benzene rings is 2. The van der Waals surface area contributed by atoms with Crippen molar-refractivity contribution in [2.75, 3.05) is 12.9 Å². The lowest BCUT2D eigenvalue weighted by Crippen LogP contribution is -2.60. The van der Waals surface area contributed by atoms with Crippen LogP contribution in [0.4, 0.5) is 0 Å². The average Bonchev–Trinajstić information content (AvgIpc) is 2.80. The minimum absolute atomic E-state index is 0.0258. The molecule has 0 heterocycles. The maximum Gasteiger partial charge on any atom is 0.252 e. The summed E-state index contributed by atoms with van der Waals surface area (Å²) in [5, 5.41) is 6.42. The molecule has 0 aromatic heterocycles. The molecule has 0 aliphatic heterocycles. The third-order valence-electron chi connectivity index (χ3n) is 7.57. The van der Waals surface area contributed by atoms with Crippen LogP contribution in [0.2, 0.25) is 0 Å². The molecule has 4 saturated carbocycles. The monoisotopic (exact) mass is 464 g/mol. The van der Waals surface area contributed by atoms with Crippen LogP contribution in [0.15, 0.2) is 53.4 Å². The van der Waals surface area contributed by atoms with Gasteiger partial charge < -0.3 is 15.4 Å². The first-order chi connectivity index (χ1) is 16.0. The quantitative estimate of drug-likeness (QED) is 0.551. The van der Waals surface area contributed by atoms with Gasteiger partial charge in [-0.3, -0.25) is 9.59 Å². The number of methoxy groups -OCH3 is 1. The summed E-state index contributed by atoms with van der Waals surface area (Å²) in [6.07, 6.45) is 7.54. The molecule has 33 heavy (non-hydrogen) atoms. The summed E-state index contributed by atoms with van der Waals surface area (Å²) >= 11 is 1.44. The molecule has 174 valence electrons. The van der Waals surface area contributed by atoms with Crippen LogP contribution in [0.25, 0.3) is 0 Å². The first-order valence-corrected chi connectivity index (χ1v) is 12.9. The summed E-state index contributed by atoms with van der Waals surface area (Å²) in [4.78, 5) is 26.7. The molecule has 5 nitrogen and oxygen atoms in total. The Morgan fingerprint density at radius 1 is 0.970 bits per heavy atom. The molecule has 4 fully saturated rings. The molecule has 2 aromatic rings. The van der Waals surface area contributed by atoms with Crippen molar-refractivity contribution in [3.05, 3.63) is 59.7 Å². The summed E-state index contributed by atoms with van der Waals surface area (Å²) in [7, 11) is 1.63. The van der Waals surface area contributed by atoms with Crippen molar-refractivity contribution < 1.29 is 14.3 Å². The minimum atomic E-state index is -0.148. The number of hydrogen-bond donors (Lipinski definition) is 2. The molecule has 6 heteroatoms. The van der Waals surface area contributed by atoms with Gasteiger partial charge in [-0.1, -0.05) is 30.3 Å². The Balaban J connectivity index is 1.19. The fraction of sp³-hybridized carbons (Fsp3) is 0.481. The Labute approximate surface area is 200 Å². The highest BCUT2D eigenvalue weighted by Gasteiger charge is 2.51. The second-order valence-electron chi connectivity index (χ2n) is 10.0. The van der Waals surface area contributed by atoms with Gasteiger partial charge in [0.2, 0.25) is 5.91 Å². The predicted molar refractivity (Wildman–Crippen MR) is 130 cm³/mol. The molecule has 2 amide bonds. The average molecular weight is 465 g/mol. The smallest absolute Gasteiger partial charge is 0.252 e. The molecular formula is C27H32N2O3S. The van der Waals surface area contributed by atoms with E-state index in [1.807, 2.05) is 48.5 Å². The second kappa shape index (κ2) is 9.41. The molecule has 0 saturated heterocycles. The number of hydrogen-bond acceptors (Lipinski definition) is 4. The van der Waals surface area contributed by atoms with E-state index in [1.54, 1.807) is 7.11 Å². The van der Waals surface area contributed by atoms with Crippen molar-refractivity contribution in [2.45, 2.75) is 55.5 Å². The summed E-state index contributed by atoms with van der Waals surface area (Å²) in [5.41, 5.74) is 1.55. The van der Waals surface area contributed by atoms with E-state index in [0.29, 0.717) is 17.9 Å². The highest BCUT2D eigenvalue weighted by atomic mass is 32.2. The van der Waals surface area contributed by atoms with Gasteiger partial charge in [-0.05, 0) is 74.5 Å². The number of carbonyl (C=O) groups excluding carboxylic acids is 2. The number of rotatable bonds is 8. The van der Waals surface area contributed by atoms with Crippen molar-refractivity contribution in [1.29, 1.82) is 0 Å². The SMILES string of the molecule is COc1ccccc1CNC(=O)c1ccccc1SCC(=O)NC12CC3CC(CC(C3)C1)C2. The molecule has 0 radical (unpaired) electrons. The van der Waals surface area contributed by atoms with E-state index in [4.69, 9.17) is 4.74 Å². The number of amides is 2. The van der Waals surface area contributed by atoms with E-state index in [-0.39, 0.29) is 17.4 Å². The number of thioether (sulfide) groups is 1. The van der Waals surface area contributed by atoms with Gasteiger partial charge in [0.25, 0.3) is 5.91 Å². The van der Waals surface area contributed by atoms with Gasteiger partial charge in [0.1, 0.15) is 5.75 Å². The largest absolute Gasteiger partial charge is 0.496 e. The number of carbonyl (C=O) groups is 2. The molecule has 2 aromatic carbocycles. The van der Waals surface area contributed by atoms with Crippen molar-refractivity contribution >= 4 is 23.6 Å². The lowest BCUT2D eigenvalue weighted by Gasteiger charge is -2.56. The number of ether oxygens (including phenoxy) is 1. The molecule has 4 bridgehead atoms. The predicted octanol–water partition coefficient (Wildman–Crippen LogP) is 4.80. The van der Waals surface area contributed by atoms with Gasteiger partial charge in [0.05, 0.1) is 18.4 Å². The van der Waals surface area contributed by atoms with E-state index in [2.05, 4.69) is 10.6 Å². The number of para-hydroxylation sites is 1. The van der Waals surface area contributed by atoms with Crippen LogP contribution in [0, 0.1) is 17.8 Å². The fourth-order valence-corrected chi connectivity index (χ4v) is 7.49. The fourth-order valence-electron chi connectivity index (χ4n) is 6.64. The molecule has 4 aliphatic carbocycles. The van der Waals surface area contributed by atoms with Crippen LogP contribution in [0.1, 0.15) is 54.4 Å². The third kappa shape index (κ3) is 4.91. The molecule has 0 unspecified atom stereocenters. The zero-order valence-corrected chi connectivity index (χ0v) is 20.0. The Morgan fingerprint density at radius 3 is 2.30 bits per heavy atom. The maximum atomic E-state index is 12.9. The summed E-state index contributed by atoms with van der Waals surface area (Å²) in [6.45, 7) is 0.383. The van der Waals surface area contributed by atoms with Crippen LogP contribution < -0.4 is 15.4 Å². The minimum Gasteiger partial charge on any atom is -0.496 e. The van der Waals surface area contributed by atoms with Crippen molar-refractivity contribution in [3.8, 4) is 5.75 Å². The van der Waals surface area contributed by atoms with Crippen molar-refractivity contribution in [3.63, 3.8) is 0 Å². The normalized spacial score (nSPS) is 27.2. The van der Waals surface area contributed by atoms with Crippen LogP contribution in [0.3, 0.4) is 0 Å². The zero-order valence-electron chi connectivity index (χ0n) is 19.1. The standard InChI is InChI=1S/C27H32N2O3S/c1-32-23-8-4-2-6-21(23)16-28-26(31)22-7-3-5-9-24(22)33-17-25(30)29-27-13-18-10-19(14-27)12-20(11-18)15-27/h2-9,18-20H,10-17H2,1H3,(H,28,31)(H,29,30). The Kier molecular flexibility index (Phi) is 6.37. The molecular weight excluding hydrogens is 432 g/mol. The summed E-state index contributed by atoms with van der Waals surface area (Å²) in [5.74, 6) is 3.43. The van der Waals surface area contributed by atoms with Crippen molar-refractivity contribution in [1.82, 2.24) is 10.6 Å². The van der Waals surface area contributed by atoms with Gasteiger partial charge in [-0.25, -0.2) is 0 Å². The number of nitrogens with one attached hydrogen (secondary N) is 2. The molecule has 4 aliphatic rings. The molecule has 0 spiro atoms. The highest BCUT2D eigenvalue weighted by Crippen LogP contribution is 2.55. The first-order valence-electron chi connectivity index (χ1n) is 12.0. The summed E-state index contributed by atoms with van der Waals surface area (Å²) < 4.78 is 5.37. The molecule has 0 atom stereocenters. The third-order valence-corrected chi connectivity index (χ3v) is 8.64. The van der Waals surface area contributed by atoms with Crippen LogP contribution >= 0.6 is 11.8 Å². The maximum absolute atomic E-state index is 12.9. The van der Waals surface area contributed by atoms with Crippen LogP contribution in [0.5, 0.6) is 5.75 Å². The van der Waals surface area contributed by atoms with Crippen LogP contribution in [-0.4, -0.2) is 30.2 Å². The Morgan fingerprint density at radius 2 is 1.61 bits per heavy atom.